The Morgan fingerprint density at radius 3 is 2.58 bits per heavy atom. The number of halogens is 2. The summed E-state index contributed by atoms with van der Waals surface area (Å²) in [7, 11) is 0. The molecule has 0 spiro atoms. The van der Waals surface area contributed by atoms with E-state index < -0.39 is 17.5 Å². The van der Waals surface area contributed by atoms with E-state index in [1.54, 1.807) is 19.1 Å². The molecule has 0 bridgehead atoms. The van der Waals surface area contributed by atoms with Crippen molar-refractivity contribution in [1.29, 1.82) is 0 Å². The fraction of sp³-hybridized carbons (Fsp3) is 0.0714. The summed E-state index contributed by atoms with van der Waals surface area (Å²) in [6, 6.07) is 7.14. The highest BCUT2D eigenvalue weighted by molar-refractivity contribution is 6.04. The van der Waals surface area contributed by atoms with Crippen LogP contribution >= 0.6 is 0 Å². The summed E-state index contributed by atoms with van der Waals surface area (Å²) >= 11 is 0. The molecule has 2 aromatic rings. The summed E-state index contributed by atoms with van der Waals surface area (Å²) in [5, 5.41) is 11.9. The number of anilines is 1. The first kappa shape index (κ1) is 13.0. The normalized spacial score (nSPS) is 10.3. The first-order valence-corrected chi connectivity index (χ1v) is 5.53. The number of rotatable bonds is 2. The number of nitrogens with one attached hydrogen (secondary N) is 1. The number of aromatic hydroxyl groups is 1. The molecule has 0 aromatic heterocycles. The molecule has 0 aliphatic heterocycles. The Labute approximate surface area is 108 Å². The highest BCUT2D eigenvalue weighted by Crippen LogP contribution is 2.21. The van der Waals surface area contributed by atoms with Gasteiger partial charge in [0.25, 0.3) is 5.91 Å². The minimum atomic E-state index is -0.810. The second-order valence-corrected chi connectivity index (χ2v) is 4.08. The first-order chi connectivity index (χ1) is 8.97. The molecule has 0 unspecified atom stereocenters. The van der Waals surface area contributed by atoms with Crippen LogP contribution < -0.4 is 5.32 Å². The quantitative estimate of drug-likeness (QED) is 0.873. The maximum atomic E-state index is 13.4. The summed E-state index contributed by atoms with van der Waals surface area (Å²) in [5.74, 6) is -2.27. The van der Waals surface area contributed by atoms with Crippen molar-refractivity contribution in [2.45, 2.75) is 6.92 Å². The van der Waals surface area contributed by atoms with E-state index in [0.717, 1.165) is 18.2 Å². The number of amides is 1. The zero-order valence-corrected chi connectivity index (χ0v) is 10.1. The van der Waals surface area contributed by atoms with Crippen molar-refractivity contribution in [3.05, 3.63) is 59.2 Å². The molecule has 0 atom stereocenters. The second kappa shape index (κ2) is 5.06. The number of phenolic OH excluding ortho intramolecular Hbond substituents is 1. The summed E-state index contributed by atoms with van der Waals surface area (Å²) in [5.41, 5.74) is 0.562. The lowest BCUT2D eigenvalue weighted by Crippen LogP contribution is -2.14. The predicted molar refractivity (Wildman–Crippen MR) is 67.2 cm³/mol. The molecule has 0 fully saturated rings. The fourth-order valence-corrected chi connectivity index (χ4v) is 1.56. The van der Waals surface area contributed by atoms with Crippen LogP contribution in [-0.4, -0.2) is 11.0 Å². The van der Waals surface area contributed by atoms with Gasteiger partial charge in [-0.3, -0.25) is 4.79 Å². The molecule has 0 saturated heterocycles. The number of benzene rings is 2. The van der Waals surface area contributed by atoms with Gasteiger partial charge in [-0.25, -0.2) is 8.78 Å². The van der Waals surface area contributed by atoms with Crippen molar-refractivity contribution < 1.29 is 18.7 Å². The number of carbonyl (C=O) groups is 1. The largest absolute Gasteiger partial charge is 0.508 e. The van der Waals surface area contributed by atoms with Gasteiger partial charge in [0, 0.05) is 11.8 Å². The van der Waals surface area contributed by atoms with E-state index in [9.17, 15) is 18.7 Å². The Bertz CT molecular complexity index is 641. The lowest BCUT2D eigenvalue weighted by molar-refractivity contribution is 0.102. The molecule has 1 amide bonds. The molecule has 19 heavy (non-hydrogen) atoms. The van der Waals surface area contributed by atoms with E-state index in [1.165, 1.54) is 6.07 Å². The van der Waals surface area contributed by atoms with Crippen LogP contribution in [0.15, 0.2) is 36.4 Å². The van der Waals surface area contributed by atoms with Crippen molar-refractivity contribution >= 4 is 11.6 Å². The average molecular weight is 263 g/mol. The second-order valence-electron chi connectivity index (χ2n) is 4.08. The van der Waals surface area contributed by atoms with Gasteiger partial charge in [0.15, 0.2) is 0 Å². The smallest absolute Gasteiger partial charge is 0.258 e. The van der Waals surface area contributed by atoms with Crippen molar-refractivity contribution in [3.63, 3.8) is 0 Å². The van der Waals surface area contributed by atoms with Crippen LogP contribution in [0.25, 0.3) is 0 Å². The molecule has 98 valence electrons. The van der Waals surface area contributed by atoms with Crippen LogP contribution in [0.4, 0.5) is 14.5 Å². The third-order valence-corrected chi connectivity index (χ3v) is 2.64. The third kappa shape index (κ3) is 2.88. The minimum absolute atomic E-state index is 0.0116. The van der Waals surface area contributed by atoms with E-state index in [4.69, 9.17) is 0 Å². The number of hydrogen-bond acceptors (Lipinski definition) is 2. The molecule has 0 radical (unpaired) electrons. The topological polar surface area (TPSA) is 49.3 Å². The van der Waals surface area contributed by atoms with E-state index in [0.29, 0.717) is 11.3 Å². The maximum Gasteiger partial charge on any atom is 0.258 e. The molecule has 5 heteroatoms. The Morgan fingerprint density at radius 1 is 1.16 bits per heavy atom. The fourth-order valence-electron chi connectivity index (χ4n) is 1.56. The molecule has 0 heterocycles. The van der Waals surface area contributed by atoms with E-state index in [2.05, 4.69) is 5.32 Å². The van der Waals surface area contributed by atoms with Crippen molar-refractivity contribution in [2.24, 2.45) is 0 Å². The average Bonchev–Trinajstić information content (AvgIpc) is 2.36. The predicted octanol–water partition coefficient (Wildman–Crippen LogP) is 3.23. The highest BCUT2D eigenvalue weighted by Gasteiger charge is 2.13. The molecule has 2 aromatic carbocycles. The van der Waals surface area contributed by atoms with Gasteiger partial charge in [-0.1, -0.05) is 6.07 Å². The van der Waals surface area contributed by atoms with Gasteiger partial charge in [0.1, 0.15) is 17.4 Å². The van der Waals surface area contributed by atoms with Gasteiger partial charge in [0.2, 0.25) is 0 Å². The molecule has 0 aliphatic carbocycles. The summed E-state index contributed by atoms with van der Waals surface area (Å²) in [6.45, 7) is 1.70. The van der Waals surface area contributed by atoms with Gasteiger partial charge in [-0.05, 0) is 36.8 Å². The SMILES string of the molecule is Cc1ccc(NC(=O)c2cc(F)ccc2F)cc1O. The zero-order valence-electron chi connectivity index (χ0n) is 10.1. The number of aryl methyl sites for hydroxylation is 1. The molecule has 0 aliphatic rings. The van der Waals surface area contributed by atoms with E-state index in [-0.39, 0.29) is 11.3 Å². The Balaban J connectivity index is 2.25. The van der Waals surface area contributed by atoms with Crippen molar-refractivity contribution in [2.75, 3.05) is 5.32 Å². The van der Waals surface area contributed by atoms with Crippen LogP contribution in [0.2, 0.25) is 0 Å². The van der Waals surface area contributed by atoms with Crippen LogP contribution in [0.5, 0.6) is 5.75 Å². The van der Waals surface area contributed by atoms with E-state index >= 15 is 0 Å². The number of phenols is 1. The monoisotopic (exact) mass is 263 g/mol. The van der Waals surface area contributed by atoms with E-state index in [1.807, 2.05) is 0 Å². The molecule has 2 rings (SSSR count). The molecular formula is C14H11F2NO2. The maximum absolute atomic E-state index is 13.4. The van der Waals surface area contributed by atoms with Gasteiger partial charge >= 0.3 is 0 Å². The van der Waals surface area contributed by atoms with Gasteiger partial charge in [-0.2, -0.15) is 0 Å². The Kier molecular flexibility index (Phi) is 3.46. The highest BCUT2D eigenvalue weighted by atomic mass is 19.1. The van der Waals surface area contributed by atoms with Gasteiger partial charge in [0.05, 0.1) is 5.56 Å². The van der Waals surface area contributed by atoms with Crippen LogP contribution in [-0.2, 0) is 0 Å². The summed E-state index contributed by atoms with van der Waals surface area (Å²) in [4.78, 5) is 11.8. The van der Waals surface area contributed by atoms with Crippen LogP contribution in [0, 0.1) is 18.6 Å². The number of hydrogen-bond donors (Lipinski definition) is 2. The van der Waals surface area contributed by atoms with Crippen LogP contribution in [0.3, 0.4) is 0 Å². The lowest BCUT2D eigenvalue weighted by atomic mass is 10.1. The summed E-state index contributed by atoms with van der Waals surface area (Å²) < 4.78 is 26.4. The minimum Gasteiger partial charge on any atom is -0.508 e. The van der Waals surface area contributed by atoms with Gasteiger partial charge < -0.3 is 10.4 Å². The Hall–Kier alpha value is -2.43. The van der Waals surface area contributed by atoms with Gasteiger partial charge in [-0.15, -0.1) is 0 Å². The molecular weight excluding hydrogens is 252 g/mol. The molecule has 0 saturated carbocycles. The molecule has 3 nitrogen and oxygen atoms in total. The zero-order chi connectivity index (χ0) is 14.0. The number of carbonyl (C=O) groups excluding carboxylic acids is 1. The first-order valence-electron chi connectivity index (χ1n) is 5.53. The van der Waals surface area contributed by atoms with Crippen molar-refractivity contribution in [1.82, 2.24) is 0 Å². The molecule has 2 N–H and O–H groups in total. The Morgan fingerprint density at radius 2 is 1.89 bits per heavy atom. The lowest BCUT2D eigenvalue weighted by Gasteiger charge is -2.07. The summed E-state index contributed by atoms with van der Waals surface area (Å²) in [6.07, 6.45) is 0. The standard InChI is InChI=1S/C14H11F2NO2/c1-8-2-4-10(7-13(8)18)17-14(19)11-6-9(15)3-5-12(11)16/h2-7,18H,1H3,(H,17,19). The van der Waals surface area contributed by atoms with Crippen molar-refractivity contribution in [3.8, 4) is 5.75 Å². The third-order valence-electron chi connectivity index (χ3n) is 2.64. The van der Waals surface area contributed by atoms with Crippen LogP contribution in [0.1, 0.15) is 15.9 Å².